The lowest BCUT2D eigenvalue weighted by atomic mass is 10.1. The second kappa shape index (κ2) is 8.38. The molecule has 0 saturated carbocycles. The van der Waals surface area contributed by atoms with Crippen LogP contribution in [0.1, 0.15) is 18.4 Å². The number of amides is 2. The normalized spacial score (nSPS) is 14.6. The first kappa shape index (κ1) is 16.3. The van der Waals surface area contributed by atoms with Gasteiger partial charge in [0.1, 0.15) is 0 Å². The number of hydrogen-bond donors (Lipinski definition) is 2. The number of nitrogens with one attached hydrogen (secondary N) is 1. The van der Waals surface area contributed by atoms with E-state index in [4.69, 9.17) is 10.5 Å². The van der Waals surface area contributed by atoms with Crippen LogP contribution >= 0.6 is 0 Å². The molecule has 0 atom stereocenters. The number of ether oxygens (including phenoxy) is 1. The lowest BCUT2D eigenvalue weighted by Crippen LogP contribution is -2.41. The molecule has 1 aliphatic heterocycles. The first-order chi connectivity index (χ1) is 10.6. The summed E-state index contributed by atoms with van der Waals surface area (Å²) in [4.78, 5) is 25.4. The van der Waals surface area contributed by atoms with Crippen molar-refractivity contribution in [3.05, 3.63) is 29.8 Å². The minimum Gasteiger partial charge on any atom is -0.399 e. The number of morpholine rings is 1. The van der Waals surface area contributed by atoms with Crippen molar-refractivity contribution in [2.75, 3.05) is 38.6 Å². The highest BCUT2D eigenvalue weighted by Crippen LogP contribution is 2.06. The van der Waals surface area contributed by atoms with Crippen LogP contribution in [0.2, 0.25) is 0 Å². The van der Waals surface area contributed by atoms with Crippen LogP contribution in [0.25, 0.3) is 0 Å². The molecule has 1 fully saturated rings. The molecule has 0 unspecified atom stereocenters. The van der Waals surface area contributed by atoms with Gasteiger partial charge in [0.2, 0.25) is 11.8 Å². The van der Waals surface area contributed by atoms with E-state index in [1.165, 1.54) is 0 Å². The summed E-state index contributed by atoms with van der Waals surface area (Å²) in [5.74, 6) is -0.0611. The van der Waals surface area contributed by atoms with Crippen molar-refractivity contribution in [1.29, 1.82) is 0 Å². The highest BCUT2D eigenvalue weighted by atomic mass is 16.5. The summed E-state index contributed by atoms with van der Waals surface area (Å²) in [6.07, 6.45) is 1.25. The number of hydrogen-bond acceptors (Lipinski definition) is 4. The number of nitrogen functional groups attached to an aromatic ring is 1. The monoisotopic (exact) mass is 305 g/mol. The van der Waals surface area contributed by atoms with Gasteiger partial charge in [-0.3, -0.25) is 9.59 Å². The Morgan fingerprint density at radius 1 is 1.14 bits per heavy atom. The Hall–Kier alpha value is -2.08. The maximum atomic E-state index is 11.9. The molecule has 22 heavy (non-hydrogen) atoms. The Labute approximate surface area is 130 Å². The molecular weight excluding hydrogens is 282 g/mol. The van der Waals surface area contributed by atoms with Gasteiger partial charge in [0, 0.05) is 38.2 Å². The summed E-state index contributed by atoms with van der Waals surface area (Å²) in [7, 11) is 0. The van der Waals surface area contributed by atoms with Crippen LogP contribution in [0.15, 0.2) is 24.3 Å². The summed E-state index contributed by atoms with van der Waals surface area (Å²) in [6, 6.07) is 7.59. The second-order valence-electron chi connectivity index (χ2n) is 5.33. The quantitative estimate of drug-likeness (QED) is 0.752. The molecule has 0 aromatic heterocycles. The third-order valence-corrected chi connectivity index (χ3v) is 3.65. The molecular formula is C16H23N3O3. The average molecular weight is 305 g/mol. The van der Waals surface area contributed by atoms with Crippen molar-refractivity contribution in [2.45, 2.75) is 19.3 Å². The van der Waals surface area contributed by atoms with Gasteiger partial charge in [0.05, 0.1) is 13.2 Å². The van der Waals surface area contributed by atoms with E-state index in [1.807, 2.05) is 24.3 Å². The predicted molar refractivity (Wildman–Crippen MR) is 84.2 cm³/mol. The molecule has 0 bridgehead atoms. The number of nitrogens with two attached hydrogens (primary N) is 1. The van der Waals surface area contributed by atoms with E-state index in [1.54, 1.807) is 4.90 Å². The van der Waals surface area contributed by atoms with Gasteiger partial charge in [-0.15, -0.1) is 0 Å². The van der Waals surface area contributed by atoms with Crippen molar-refractivity contribution in [1.82, 2.24) is 10.2 Å². The van der Waals surface area contributed by atoms with Gasteiger partial charge in [-0.1, -0.05) is 12.1 Å². The lowest BCUT2D eigenvalue weighted by molar-refractivity contribution is -0.137. The fourth-order valence-corrected chi connectivity index (χ4v) is 2.31. The van der Waals surface area contributed by atoms with E-state index in [2.05, 4.69) is 5.32 Å². The van der Waals surface area contributed by atoms with E-state index in [9.17, 15) is 9.59 Å². The SMILES string of the molecule is Nc1ccc(CCNC(=O)CCC(=O)N2CCOCC2)cc1. The van der Waals surface area contributed by atoms with Gasteiger partial charge in [0.25, 0.3) is 0 Å². The minimum atomic E-state index is -0.0861. The standard InChI is InChI=1S/C16H23N3O3/c17-14-3-1-13(2-4-14)7-8-18-15(20)5-6-16(21)19-9-11-22-12-10-19/h1-4H,5-12,17H2,(H,18,20). The summed E-state index contributed by atoms with van der Waals surface area (Å²) in [6.45, 7) is 2.97. The molecule has 0 spiro atoms. The Morgan fingerprint density at radius 3 is 2.50 bits per heavy atom. The molecule has 120 valence electrons. The molecule has 0 radical (unpaired) electrons. The highest BCUT2D eigenvalue weighted by Gasteiger charge is 2.17. The minimum absolute atomic E-state index is 0.0250. The van der Waals surface area contributed by atoms with Crippen molar-refractivity contribution >= 4 is 17.5 Å². The number of carbonyl (C=O) groups is 2. The number of rotatable bonds is 6. The molecule has 1 aromatic rings. The number of carbonyl (C=O) groups excluding carboxylic acids is 2. The zero-order valence-corrected chi connectivity index (χ0v) is 12.7. The van der Waals surface area contributed by atoms with E-state index in [0.29, 0.717) is 32.8 Å². The third kappa shape index (κ3) is 5.37. The zero-order chi connectivity index (χ0) is 15.8. The van der Waals surface area contributed by atoms with Crippen molar-refractivity contribution in [3.63, 3.8) is 0 Å². The molecule has 1 saturated heterocycles. The van der Waals surface area contributed by atoms with Crippen LogP contribution in [0.4, 0.5) is 5.69 Å². The molecule has 0 aliphatic carbocycles. The number of benzene rings is 1. The van der Waals surface area contributed by atoms with Gasteiger partial charge in [-0.2, -0.15) is 0 Å². The maximum Gasteiger partial charge on any atom is 0.223 e. The van der Waals surface area contributed by atoms with Gasteiger partial charge in [-0.25, -0.2) is 0 Å². The van der Waals surface area contributed by atoms with Crippen LogP contribution in [0.5, 0.6) is 0 Å². The summed E-state index contributed by atoms with van der Waals surface area (Å²) < 4.78 is 5.20. The average Bonchev–Trinajstić information content (AvgIpc) is 2.55. The second-order valence-corrected chi connectivity index (χ2v) is 5.33. The van der Waals surface area contributed by atoms with Crippen LogP contribution < -0.4 is 11.1 Å². The largest absolute Gasteiger partial charge is 0.399 e. The fraction of sp³-hybridized carbons (Fsp3) is 0.500. The highest BCUT2D eigenvalue weighted by molar-refractivity contribution is 5.83. The third-order valence-electron chi connectivity index (χ3n) is 3.65. The molecule has 1 aromatic carbocycles. The Bertz CT molecular complexity index is 496. The molecule has 6 nitrogen and oxygen atoms in total. The molecule has 2 amide bonds. The first-order valence-corrected chi connectivity index (χ1v) is 7.62. The van der Waals surface area contributed by atoms with Gasteiger partial charge >= 0.3 is 0 Å². The van der Waals surface area contributed by atoms with Crippen LogP contribution in [-0.2, 0) is 20.7 Å². The van der Waals surface area contributed by atoms with E-state index < -0.39 is 0 Å². The van der Waals surface area contributed by atoms with Gasteiger partial charge in [-0.05, 0) is 24.1 Å². The fourth-order valence-electron chi connectivity index (χ4n) is 2.31. The van der Waals surface area contributed by atoms with Crippen molar-refractivity contribution < 1.29 is 14.3 Å². The van der Waals surface area contributed by atoms with Gasteiger partial charge in [0.15, 0.2) is 0 Å². The van der Waals surface area contributed by atoms with E-state index >= 15 is 0 Å². The Kier molecular flexibility index (Phi) is 6.21. The smallest absolute Gasteiger partial charge is 0.223 e. The Morgan fingerprint density at radius 2 is 1.82 bits per heavy atom. The first-order valence-electron chi connectivity index (χ1n) is 7.62. The zero-order valence-electron chi connectivity index (χ0n) is 12.7. The van der Waals surface area contributed by atoms with Crippen molar-refractivity contribution in [2.24, 2.45) is 0 Å². The number of nitrogens with zero attached hydrogens (tertiary/aromatic N) is 1. The summed E-state index contributed by atoms with van der Waals surface area (Å²) in [5.41, 5.74) is 7.47. The predicted octanol–water partition coefficient (Wildman–Crippen LogP) is 0.567. The lowest BCUT2D eigenvalue weighted by Gasteiger charge is -2.26. The van der Waals surface area contributed by atoms with E-state index in [-0.39, 0.29) is 24.7 Å². The molecule has 2 rings (SSSR count). The Balaban J connectivity index is 1.61. The summed E-state index contributed by atoms with van der Waals surface area (Å²) in [5, 5.41) is 2.84. The van der Waals surface area contributed by atoms with Crippen LogP contribution in [0.3, 0.4) is 0 Å². The molecule has 3 N–H and O–H groups in total. The van der Waals surface area contributed by atoms with E-state index in [0.717, 1.165) is 17.7 Å². The number of anilines is 1. The van der Waals surface area contributed by atoms with Crippen LogP contribution in [-0.4, -0.2) is 49.6 Å². The van der Waals surface area contributed by atoms with Crippen molar-refractivity contribution in [3.8, 4) is 0 Å². The maximum absolute atomic E-state index is 11.9. The van der Waals surface area contributed by atoms with Crippen LogP contribution in [0, 0.1) is 0 Å². The topological polar surface area (TPSA) is 84.7 Å². The molecule has 6 heteroatoms. The van der Waals surface area contributed by atoms with Gasteiger partial charge < -0.3 is 20.7 Å². The molecule has 1 heterocycles. The summed E-state index contributed by atoms with van der Waals surface area (Å²) >= 11 is 0. The molecule has 1 aliphatic rings.